The van der Waals surface area contributed by atoms with Crippen LogP contribution in [0.1, 0.15) is 48.6 Å². The van der Waals surface area contributed by atoms with Gasteiger partial charge in [-0.05, 0) is 73.9 Å². The van der Waals surface area contributed by atoms with Crippen molar-refractivity contribution < 1.29 is 52.6 Å². The molecule has 0 aliphatic carbocycles. The Morgan fingerprint density at radius 3 is 1.29 bits per heavy atom. The predicted octanol–water partition coefficient (Wildman–Crippen LogP) is 4.48. The van der Waals surface area contributed by atoms with Crippen molar-refractivity contribution in [1.82, 2.24) is 48.1 Å². The van der Waals surface area contributed by atoms with Gasteiger partial charge in [-0.2, -0.15) is 35.6 Å². The third-order valence-corrected chi connectivity index (χ3v) is 17.3. The topological polar surface area (TPSA) is 273 Å². The van der Waals surface area contributed by atoms with E-state index in [1.807, 2.05) is 24.3 Å². The molecule has 0 unspecified atom stereocenters. The van der Waals surface area contributed by atoms with Crippen molar-refractivity contribution in [3.63, 3.8) is 0 Å². The maximum Gasteiger partial charge on any atom is 0.242 e. The summed E-state index contributed by atoms with van der Waals surface area (Å²) in [6.45, 7) is 5.25. The lowest BCUT2D eigenvalue weighted by Gasteiger charge is -2.31. The molecule has 4 fully saturated rings. The molecule has 4 aliphatic rings. The molecule has 4 saturated heterocycles. The molecule has 29 heteroatoms. The van der Waals surface area contributed by atoms with E-state index in [0.29, 0.717) is 90.7 Å². The third-order valence-electron chi connectivity index (χ3n) is 13.4. The second kappa shape index (κ2) is 28.0. The van der Waals surface area contributed by atoms with Crippen LogP contribution in [0, 0.1) is 0 Å². The van der Waals surface area contributed by atoms with Gasteiger partial charge in [0.15, 0.2) is 11.0 Å². The normalized spacial score (nSPS) is 19.4. The monoisotopic (exact) mass is 1230 g/mol. The number of aromatic nitrogens is 6. The number of morpholine rings is 2. The van der Waals surface area contributed by atoms with Crippen LogP contribution in [0.2, 0.25) is 0 Å². The van der Waals surface area contributed by atoms with E-state index in [2.05, 4.69) is 72.3 Å². The average molecular weight is 1230 g/mol. The SMILES string of the molecule is CS(=O)(=O)Cl.CS(=O)(=O)N1CCC(c2ccc(-c3cc4nccnc4c(OC[C@@H]4CN(S(C)(=O)=O)CCO4)n3)cc2)CC1.CS(=O)(=O)N1CCO[C@H](COc2nc(-c3ccc(C4CCNCC4)cc3)cc3nccnc23)C1.S.S. The molecule has 1 N–H and O–H groups in total. The van der Waals surface area contributed by atoms with Crippen molar-refractivity contribution in [2.75, 3.05) is 104 Å². The Kier molecular flexibility index (Phi) is 22.6. The molecule has 8 heterocycles. The number of nitrogens with zero attached hydrogens (tertiary/aromatic N) is 9. The fourth-order valence-corrected chi connectivity index (χ4v) is 12.0. The minimum absolute atomic E-state index is 0. The highest BCUT2D eigenvalue weighted by Crippen LogP contribution is 2.34. The maximum absolute atomic E-state index is 11.9. The van der Waals surface area contributed by atoms with Crippen molar-refractivity contribution in [3.05, 3.63) is 96.6 Å². The maximum atomic E-state index is 11.9. The highest BCUT2D eigenvalue weighted by atomic mass is 35.7. The van der Waals surface area contributed by atoms with Gasteiger partial charge in [-0.1, -0.05) is 48.5 Å². The molecule has 22 nitrogen and oxygen atoms in total. The second-order valence-corrected chi connectivity index (χ2v) is 28.2. The van der Waals surface area contributed by atoms with Gasteiger partial charge in [-0.15, -0.1) is 0 Å². The van der Waals surface area contributed by atoms with E-state index in [9.17, 15) is 33.7 Å². The number of ether oxygens (including phenoxy) is 4. The molecule has 6 aromatic rings. The quantitative estimate of drug-likeness (QED) is 0.156. The molecule has 0 bridgehead atoms. The van der Waals surface area contributed by atoms with Gasteiger partial charge in [0.1, 0.15) is 25.4 Å². The van der Waals surface area contributed by atoms with Gasteiger partial charge >= 0.3 is 0 Å². The molecule has 4 aliphatic heterocycles. The van der Waals surface area contributed by atoms with E-state index in [1.165, 1.54) is 42.8 Å². The van der Waals surface area contributed by atoms with Gasteiger partial charge in [0.25, 0.3) is 0 Å². The summed E-state index contributed by atoms with van der Waals surface area (Å²) < 4.78 is 118. The molecule has 432 valence electrons. The van der Waals surface area contributed by atoms with Crippen molar-refractivity contribution in [2.45, 2.75) is 49.7 Å². The Morgan fingerprint density at radius 1 is 0.544 bits per heavy atom. The number of fused-ring (bicyclic) bond motifs is 2. The summed E-state index contributed by atoms with van der Waals surface area (Å²) in [5.41, 5.74) is 8.21. The number of halogens is 1. The molecule has 0 saturated carbocycles. The van der Waals surface area contributed by atoms with Crippen LogP contribution >= 0.6 is 37.7 Å². The molecule has 0 radical (unpaired) electrons. The van der Waals surface area contributed by atoms with Crippen LogP contribution in [0.4, 0.5) is 0 Å². The fourth-order valence-electron chi connectivity index (χ4n) is 9.44. The van der Waals surface area contributed by atoms with Crippen LogP contribution in [0.25, 0.3) is 44.6 Å². The summed E-state index contributed by atoms with van der Waals surface area (Å²) in [6.07, 6.45) is 14.1. The number of sulfonamides is 3. The smallest absolute Gasteiger partial charge is 0.242 e. The molecule has 79 heavy (non-hydrogen) atoms. The lowest BCUT2D eigenvalue weighted by molar-refractivity contribution is -0.0252. The number of hydrogen-bond donors (Lipinski definition) is 1. The first kappa shape index (κ1) is 63.7. The molecule has 2 aromatic carbocycles. The molecule has 10 rings (SSSR count). The second-order valence-electron chi connectivity index (χ2n) is 19.2. The standard InChI is InChI=1S/C25H31N5O6S2.C24H29N5O4S.CH3ClO2S.2H2S/c1-37(31,32)29-11-7-19(8-12-29)18-3-5-20(6-4-18)22-15-23-24(27-10-9-26-23)25(28-22)36-17-21-16-30(13-14-35-21)38(2,33)34;1-34(30,31)29-12-13-32-20(15-29)16-33-24-23-22(26-10-11-27-23)14-21(28-24)19-4-2-17(3-5-19)18-6-8-25-9-7-18;1-5(2,3)4;;/h3-6,9-10,15,19,21H,7-8,11-14,16-17H2,1-2H3;2-5,10-11,14,18,20,25H,6-9,12-13,15-16H2,1H3;1H3;2*1H2/t21-;20-;;;/m00.../s1. The van der Waals surface area contributed by atoms with Crippen molar-refractivity contribution in [1.29, 1.82) is 0 Å². The van der Waals surface area contributed by atoms with E-state index in [-0.39, 0.29) is 59.4 Å². The summed E-state index contributed by atoms with van der Waals surface area (Å²) >= 11 is 0. The summed E-state index contributed by atoms with van der Waals surface area (Å²) in [5, 5.41) is 3.41. The third kappa shape index (κ3) is 18.3. The number of rotatable bonds is 13. The van der Waals surface area contributed by atoms with Crippen LogP contribution in [0.15, 0.2) is 85.5 Å². The van der Waals surface area contributed by atoms with Crippen molar-refractivity contribution in [3.8, 4) is 34.3 Å². The summed E-state index contributed by atoms with van der Waals surface area (Å²) in [5.74, 6) is 1.57. The minimum Gasteiger partial charge on any atom is -0.473 e. The Hall–Kier alpha value is -4.43. The van der Waals surface area contributed by atoms with Crippen LogP contribution in [0.3, 0.4) is 0 Å². The largest absolute Gasteiger partial charge is 0.473 e. The molecule has 0 spiro atoms. The molecular formula is C50H67ClN10O12S6. The predicted molar refractivity (Wildman–Crippen MR) is 314 cm³/mol. The van der Waals surface area contributed by atoms with Crippen LogP contribution in [-0.4, -0.2) is 193 Å². The molecule has 2 atom stereocenters. The van der Waals surface area contributed by atoms with Crippen LogP contribution in [0.5, 0.6) is 11.8 Å². The molecular weight excluding hydrogens is 1160 g/mol. The lowest BCUT2D eigenvalue weighted by Crippen LogP contribution is -2.47. The van der Waals surface area contributed by atoms with Gasteiger partial charge in [0.2, 0.25) is 50.9 Å². The van der Waals surface area contributed by atoms with E-state index in [1.54, 1.807) is 24.8 Å². The first-order valence-electron chi connectivity index (χ1n) is 24.9. The number of benzene rings is 2. The zero-order chi connectivity index (χ0) is 55.0. The van der Waals surface area contributed by atoms with Gasteiger partial charge in [0, 0.05) is 85.9 Å². The van der Waals surface area contributed by atoms with E-state index >= 15 is 0 Å². The van der Waals surface area contributed by atoms with Gasteiger partial charge in [-0.3, -0.25) is 9.97 Å². The minimum atomic E-state index is -3.31. The van der Waals surface area contributed by atoms with E-state index < -0.39 is 45.2 Å². The molecule has 0 amide bonds. The Labute approximate surface area is 480 Å². The van der Waals surface area contributed by atoms with Gasteiger partial charge in [-0.25, -0.2) is 57.9 Å². The average Bonchev–Trinajstić information content (AvgIpc) is 3.43. The number of piperidine rings is 2. The Morgan fingerprint density at radius 2 is 0.911 bits per heavy atom. The number of hydrogen-bond acceptors (Lipinski definition) is 19. The zero-order valence-electron chi connectivity index (χ0n) is 44.1. The number of pyridine rings is 2. The Balaban J connectivity index is 0.000000231. The van der Waals surface area contributed by atoms with Gasteiger partial charge < -0.3 is 24.3 Å². The van der Waals surface area contributed by atoms with E-state index in [4.69, 9.17) is 28.9 Å². The van der Waals surface area contributed by atoms with E-state index in [0.717, 1.165) is 61.8 Å². The van der Waals surface area contributed by atoms with Crippen LogP contribution < -0.4 is 14.8 Å². The van der Waals surface area contributed by atoms with Crippen molar-refractivity contribution >= 4 is 98.9 Å². The highest BCUT2D eigenvalue weighted by Gasteiger charge is 2.30. The molecule has 4 aromatic heterocycles. The summed E-state index contributed by atoms with van der Waals surface area (Å²) in [4.78, 5) is 27.1. The first-order valence-corrected chi connectivity index (χ1v) is 33.2. The highest BCUT2D eigenvalue weighted by molar-refractivity contribution is 8.13. The summed E-state index contributed by atoms with van der Waals surface area (Å²) in [7, 11) is -8.43. The number of nitrogens with one attached hydrogen (secondary N) is 1. The first-order chi connectivity index (χ1) is 36.5. The Bertz CT molecular complexity index is 3450. The van der Waals surface area contributed by atoms with Crippen LogP contribution in [-0.2, 0) is 48.6 Å². The summed E-state index contributed by atoms with van der Waals surface area (Å²) in [6, 6.07) is 20.5. The fraction of sp³-hybridized carbons (Fsp3) is 0.480. The lowest BCUT2D eigenvalue weighted by atomic mass is 9.89. The zero-order valence-corrected chi connectivity index (χ0v) is 50.2. The van der Waals surface area contributed by atoms with Crippen molar-refractivity contribution in [2.24, 2.45) is 0 Å². The van der Waals surface area contributed by atoms with Gasteiger partial charge in [0.05, 0.1) is 60.7 Å².